The first-order valence-electron chi connectivity index (χ1n) is 7.27. The molecule has 6 nitrogen and oxygen atoms in total. The first-order valence-corrected chi connectivity index (χ1v) is 8.06. The lowest BCUT2D eigenvalue weighted by molar-refractivity contribution is 0.147. The Labute approximate surface area is 132 Å². The molecule has 2 aliphatic rings. The van der Waals surface area contributed by atoms with Crippen molar-refractivity contribution in [2.24, 2.45) is 0 Å². The maximum atomic E-state index is 12.2. The van der Waals surface area contributed by atoms with Gasteiger partial charge in [-0.15, -0.1) is 6.58 Å². The Balaban J connectivity index is 1.68. The molecule has 0 saturated carbocycles. The van der Waals surface area contributed by atoms with Crippen molar-refractivity contribution in [1.29, 1.82) is 0 Å². The predicted molar refractivity (Wildman–Crippen MR) is 86.8 cm³/mol. The minimum absolute atomic E-state index is 0.0991. The summed E-state index contributed by atoms with van der Waals surface area (Å²) in [5.74, 6) is 0. The topological polar surface area (TPSA) is 53.4 Å². The Bertz CT molecular complexity index is 575. The minimum atomic E-state index is -0.0991. The summed E-state index contributed by atoms with van der Waals surface area (Å²) in [5, 5.41) is 7.58. The second-order valence-corrected chi connectivity index (χ2v) is 6.26. The number of hydrogen-bond donors (Lipinski definition) is 1. The van der Waals surface area contributed by atoms with E-state index in [0.29, 0.717) is 17.1 Å². The first-order chi connectivity index (χ1) is 10.2. The van der Waals surface area contributed by atoms with Gasteiger partial charge in [-0.3, -0.25) is 9.69 Å². The van der Waals surface area contributed by atoms with Crippen LogP contribution >= 0.6 is 15.9 Å². The van der Waals surface area contributed by atoms with Crippen molar-refractivity contribution in [3.63, 3.8) is 0 Å². The van der Waals surface area contributed by atoms with Crippen LogP contribution in [0.25, 0.3) is 0 Å². The fourth-order valence-electron chi connectivity index (χ4n) is 2.86. The zero-order valence-electron chi connectivity index (χ0n) is 12.0. The molecule has 0 spiro atoms. The van der Waals surface area contributed by atoms with Crippen LogP contribution in [0, 0.1) is 0 Å². The second-order valence-electron chi connectivity index (χ2n) is 5.46. The van der Waals surface area contributed by atoms with E-state index in [1.54, 1.807) is 12.3 Å². The molecule has 114 valence electrons. The number of hydrogen-bond acceptors (Lipinski definition) is 5. The average molecular weight is 354 g/mol. The van der Waals surface area contributed by atoms with E-state index in [-0.39, 0.29) is 5.56 Å². The maximum Gasteiger partial charge on any atom is 0.283 e. The Kier molecular flexibility index (Phi) is 4.42. The van der Waals surface area contributed by atoms with Crippen molar-refractivity contribution in [2.75, 3.05) is 44.2 Å². The van der Waals surface area contributed by atoms with Crippen molar-refractivity contribution in [3.8, 4) is 0 Å². The Morgan fingerprint density at radius 2 is 2.14 bits per heavy atom. The summed E-state index contributed by atoms with van der Waals surface area (Å²) in [6.07, 6.45) is 3.44. The van der Waals surface area contributed by atoms with Gasteiger partial charge in [0.15, 0.2) is 0 Å². The standard InChI is InChI=1S/C14H20BrN5O/c1-2-5-20-14(21)13(15)12(8-17-20)19-9-11(10-19)18-6-3-16-4-7-18/h2,8,11,16H,1,3-7,9-10H2. The molecule has 0 unspecified atom stereocenters. The summed E-state index contributed by atoms with van der Waals surface area (Å²) in [6, 6.07) is 0.592. The van der Waals surface area contributed by atoms with Gasteiger partial charge in [-0.1, -0.05) is 6.08 Å². The normalized spacial score (nSPS) is 20.3. The molecular weight excluding hydrogens is 334 g/mol. The third-order valence-corrected chi connectivity index (χ3v) is 4.88. The van der Waals surface area contributed by atoms with Crippen LogP contribution in [-0.4, -0.2) is 60.0 Å². The molecule has 2 fully saturated rings. The van der Waals surface area contributed by atoms with Gasteiger partial charge in [0.1, 0.15) is 4.47 Å². The quantitative estimate of drug-likeness (QED) is 0.788. The van der Waals surface area contributed by atoms with Crippen molar-refractivity contribution < 1.29 is 0 Å². The van der Waals surface area contributed by atoms with E-state index in [9.17, 15) is 4.79 Å². The van der Waals surface area contributed by atoms with E-state index in [0.717, 1.165) is 45.0 Å². The van der Waals surface area contributed by atoms with Crippen LogP contribution in [0.15, 0.2) is 28.1 Å². The number of nitrogens with zero attached hydrogens (tertiary/aromatic N) is 4. The van der Waals surface area contributed by atoms with Crippen molar-refractivity contribution in [1.82, 2.24) is 20.0 Å². The van der Waals surface area contributed by atoms with Crippen LogP contribution in [-0.2, 0) is 6.54 Å². The SMILES string of the molecule is C=CCn1ncc(N2CC(N3CCNCC3)C2)c(Br)c1=O. The molecule has 2 aliphatic heterocycles. The zero-order chi connectivity index (χ0) is 14.8. The number of piperazine rings is 1. The summed E-state index contributed by atoms with van der Waals surface area (Å²) in [5.41, 5.74) is 0.796. The molecule has 1 N–H and O–H groups in total. The van der Waals surface area contributed by atoms with Gasteiger partial charge in [0.2, 0.25) is 0 Å². The van der Waals surface area contributed by atoms with E-state index in [1.165, 1.54) is 4.68 Å². The van der Waals surface area contributed by atoms with E-state index in [2.05, 4.69) is 42.7 Å². The van der Waals surface area contributed by atoms with Crippen LogP contribution in [0.5, 0.6) is 0 Å². The summed E-state index contributed by atoms with van der Waals surface area (Å²) in [4.78, 5) is 16.9. The highest BCUT2D eigenvalue weighted by atomic mass is 79.9. The molecule has 1 aromatic rings. The van der Waals surface area contributed by atoms with Gasteiger partial charge in [-0.05, 0) is 15.9 Å². The van der Waals surface area contributed by atoms with Crippen molar-refractivity contribution in [3.05, 3.63) is 33.7 Å². The molecule has 0 amide bonds. The molecule has 0 bridgehead atoms. The Morgan fingerprint density at radius 1 is 1.43 bits per heavy atom. The highest BCUT2D eigenvalue weighted by Gasteiger charge is 2.33. The van der Waals surface area contributed by atoms with E-state index in [4.69, 9.17) is 0 Å². The van der Waals surface area contributed by atoms with E-state index >= 15 is 0 Å². The third-order valence-electron chi connectivity index (χ3n) is 4.14. The number of allylic oxidation sites excluding steroid dienone is 1. The number of anilines is 1. The highest BCUT2D eigenvalue weighted by Crippen LogP contribution is 2.28. The average Bonchev–Trinajstić information content (AvgIpc) is 2.46. The number of nitrogens with one attached hydrogen (secondary N) is 1. The monoisotopic (exact) mass is 353 g/mol. The summed E-state index contributed by atoms with van der Waals surface area (Å²) >= 11 is 3.42. The first kappa shape index (κ1) is 14.7. The Hall–Kier alpha value is -1.18. The van der Waals surface area contributed by atoms with Crippen molar-refractivity contribution in [2.45, 2.75) is 12.6 Å². The van der Waals surface area contributed by atoms with Crippen LogP contribution in [0.4, 0.5) is 5.69 Å². The molecular formula is C14H20BrN5O. The van der Waals surface area contributed by atoms with Gasteiger partial charge >= 0.3 is 0 Å². The zero-order valence-corrected chi connectivity index (χ0v) is 13.5. The predicted octanol–water partition coefficient (Wildman–Crippen LogP) is 0.286. The minimum Gasteiger partial charge on any atom is -0.366 e. The van der Waals surface area contributed by atoms with Crippen LogP contribution < -0.4 is 15.8 Å². The van der Waals surface area contributed by atoms with Gasteiger partial charge in [0.25, 0.3) is 5.56 Å². The fourth-order valence-corrected chi connectivity index (χ4v) is 3.42. The van der Waals surface area contributed by atoms with Gasteiger partial charge < -0.3 is 10.2 Å². The summed E-state index contributed by atoms with van der Waals surface area (Å²) in [7, 11) is 0. The van der Waals surface area contributed by atoms with Gasteiger partial charge in [0.05, 0.1) is 18.4 Å². The number of aromatic nitrogens is 2. The van der Waals surface area contributed by atoms with Gasteiger partial charge in [0, 0.05) is 45.3 Å². The number of rotatable bonds is 4. The maximum absolute atomic E-state index is 12.2. The molecule has 0 radical (unpaired) electrons. The van der Waals surface area contributed by atoms with Gasteiger partial charge in [-0.2, -0.15) is 5.10 Å². The molecule has 0 aliphatic carbocycles. The largest absolute Gasteiger partial charge is 0.366 e. The van der Waals surface area contributed by atoms with E-state index < -0.39 is 0 Å². The third kappa shape index (κ3) is 2.90. The smallest absolute Gasteiger partial charge is 0.283 e. The number of halogens is 1. The lowest BCUT2D eigenvalue weighted by Gasteiger charge is -2.47. The van der Waals surface area contributed by atoms with E-state index in [1.807, 2.05) is 0 Å². The van der Waals surface area contributed by atoms with Crippen LogP contribution in [0.1, 0.15) is 0 Å². The molecule has 21 heavy (non-hydrogen) atoms. The molecule has 7 heteroatoms. The van der Waals surface area contributed by atoms with Crippen LogP contribution in [0.2, 0.25) is 0 Å². The highest BCUT2D eigenvalue weighted by molar-refractivity contribution is 9.10. The molecule has 3 heterocycles. The van der Waals surface area contributed by atoms with Crippen LogP contribution in [0.3, 0.4) is 0 Å². The molecule has 0 aromatic carbocycles. The summed E-state index contributed by atoms with van der Waals surface area (Å²) in [6.45, 7) is 10.4. The summed E-state index contributed by atoms with van der Waals surface area (Å²) < 4.78 is 2.01. The second kappa shape index (κ2) is 6.29. The van der Waals surface area contributed by atoms with Crippen molar-refractivity contribution >= 4 is 21.6 Å². The van der Waals surface area contributed by atoms with Gasteiger partial charge in [-0.25, -0.2) is 4.68 Å². The Morgan fingerprint density at radius 3 is 2.81 bits per heavy atom. The lowest BCUT2D eigenvalue weighted by atomic mass is 10.1. The molecule has 2 saturated heterocycles. The molecule has 1 aromatic heterocycles. The molecule has 0 atom stereocenters. The lowest BCUT2D eigenvalue weighted by Crippen LogP contribution is -2.63. The fraction of sp³-hybridized carbons (Fsp3) is 0.571. The molecule has 3 rings (SSSR count).